The number of rotatable bonds is 3. The van der Waals surface area contributed by atoms with Crippen LogP contribution in [0.25, 0.3) is 0 Å². The molecule has 18 heavy (non-hydrogen) atoms. The van der Waals surface area contributed by atoms with Gasteiger partial charge in [-0.3, -0.25) is 0 Å². The molecule has 1 aromatic rings. The second kappa shape index (κ2) is 5.24. The molecular weight excluding hydrogens is 235 g/mol. The highest BCUT2D eigenvalue weighted by molar-refractivity contribution is 5.31. The molecule has 1 fully saturated rings. The summed E-state index contributed by atoms with van der Waals surface area (Å²) in [6.45, 7) is 2.52. The molecule has 4 heteroatoms. The lowest BCUT2D eigenvalue weighted by Crippen LogP contribution is -2.39. The fourth-order valence-corrected chi connectivity index (χ4v) is 2.38. The van der Waals surface area contributed by atoms with Gasteiger partial charge in [0, 0.05) is 6.61 Å². The summed E-state index contributed by atoms with van der Waals surface area (Å²) in [5, 5.41) is 10.4. The molecule has 100 valence electrons. The van der Waals surface area contributed by atoms with E-state index in [4.69, 9.17) is 9.47 Å². The van der Waals surface area contributed by atoms with Crippen LogP contribution in [0, 0.1) is 5.82 Å². The summed E-state index contributed by atoms with van der Waals surface area (Å²) >= 11 is 0. The van der Waals surface area contributed by atoms with E-state index in [2.05, 4.69) is 0 Å². The van der Waals surface area contributed by atoms with Crippen molar-refractivity contribution in [1.29, 1.82) is 0 Å². The van der Waals surface area contributed by atoms with Gasteiger partial charge in [-0.1, -0.05) is 6.07 Å². The maximum atomic E-state index is 13.6. The first kappa shape index (κ1) is 13.3. The molecule has 2 atom stereocenters. The molecule has 0 spiro atoms. The van der Waals surface area contributed by atoms with Gasteiger partial charge in [-0.15, -0.1) is 0 Å². The first-order valence-electron chi connectivity index (χ1n) is 6.22. The number of benzene rings is 1. The fourth-order valence-electron chi connectivity index (χ4n) is 2.38. The minimum atomic E-state index is -0.821. The molecule has 1 aromatic carbocycles. The number of hydrogen-bond donors (Lipinski definition) is 1. The number of ether oxygens (including phenoxy) is 2. The van der Waals surface area contributed by atoms with Gasteiger partial charge in [0.25, 0.3) is 0 Å². The number of aliphatic hydroxyl groups excluding tert-OH is 1. The summed E-state index contributed by atoms with van der Waals surface area (Å²) in [7, 11) is 1.42. The molecule has 3 nitrogen and oxygen atoms in total. The Morgan fingerprint density at radius 2 is 2.22 bits per heavy atom. The van der Waals surface area contributed by atoms with Crippen LogP contribution in [0.4, 0.5) is 4.39 Å². The lowest BCUT2D eigenvalue weighted by atomic mass is 9.86. The Morgan fingerprint density at radius 3 is 2.78 bits per heavy atom. The topological polar surface area (TPSA) is 38.7 Å². The second-order valence-electron chi connectivity index (χ2n) is 4.91. The van der Waals surface area contributed by atoms with Crippen LogP contribution in [0.15, 0.2) is 18.2 Å². The van der Waals surface area contributed by atoms with E-state index in [1.165, 1.54) is 19.2 Å². The molecule has 1 aliphatic heterocycles. The van der Waals surface area contributed by atoms with Crippen molar-refractivity contribution in [3.05, 3.63) is 29.6 Å². The molecule has 2 rings (SSSR count). The molecule has 2 unspecified atom stereocenters. The highest BCUT2D eigenvalue weighted by Crippen LogP contribution is 2.37. The lowest BCUT2D eigenvalue weighted by molar-refractivity contribution is -0.138. The first-order valence-corrected chi connectivity index (χ1v) is 6.22. The molecule has 1 aliphatic rings. The summed E-state index contributed by atoms with van der Waals surface area (Å²) < 4.78 is 24.2. The summed E-state index contributed by atoms with van der Waals surface area (Å²) in [5.41, 5.74) is -0.100. The number of hydrogen-bond acceptors (Lipinski definition) is 3. The molecule has 0 saturated carbocycles. The molecule has 0 radical (unpaired) electrons. The van der Waals surface area contributed by atoms with Crippen LogP contribution in [0.1, 0.15) is 37.9 Å². The van der Waals surface area contributed by atoms with E-state index in [0.29, 0.717) is 12.2 Å². The van der Waals surface area contributed by atoms with Crippen molar-refractivity contribution in [2.24, 2.45) is 0 Å². The second-order valence-corrected chi connectivity index (χ2v) is 4.91. The van der Waals surface area contributed by atoms with Crippen molar-refractivity contribution >= 4 is 0 Å². The van der Waals surface area contributed by atoms with Crippen LogP contribution in [0.2, 0.25) is 0 Å². The third-order valence-corrected chi connectivity index (χ3v) is 3.57. The number of aliphatic hydroxyl groups is 1. The highest BCUT2D eigenvalue weighted by Gasteiger charge is 2.36. The lowest BCUT2D eigenvalue weighted by Gasteiger charge is -2.38. The zero-order valence-corrected chi connectivity index (χ0v) is 10.8. The van der Waals surface area contributed by atoms with Crippen LogP contribution in [-0.2, 0) is 4.74 Å². The van der Waals surface area contributed by atoms with Crippen molar-refractivity contribution in [2.45, 2.75) is 37.9 Å². The van der Waals surface area contributed by atoms with Crippen LogP contribution in [0.5, 0.6) is 5.75 Å². The Hall–Kier alpha value is -1.13. The van der Waals surface area contributed by atoms with Gasteiger partial charge in [-0.25, -0.2) is 4.39 Å². The smallest absolute Gasteiger partial charge is 0.165 e. The third kappa shape index (κ3) is 2.49. The predicted molar refractivity (Wildman–Crippen MR) is 66.1 cm³/mol. The van der Waals surface area contributed by atoms with E-state index in [1.54, 1.807) is 6.07 Å². The van der Waals surface area contributed by atoms with Crippen molar-refractivity contribution in [1.82, 2.24) is 0 Å². The Labute approximate surface area is 107 Å². The van der Waals surface area contributed by atoms with Crippen molar-refractivity contribution in [3.8, 4) is 5.75 Å². The number of methoxy groups -OCH3 is 1. The average Bonchev–Trinajstić information content (AvgIpc) is 2.38. The van der Waals surface area contributed by atoms with Crippen LogP contribution in [0.3, 0.4) is 0 Å². The fraction of sp³-hybridized carbons (Fsp3) is 0.571. The van der Waals surface area contributed by atoms with Gasteiger partial charge in [-0.05, 0) is 43.9 Å². The van der Waals surface area contributed by atoms with Gasteiger partial charge >= 0.3 is 0 Å². The Bertz CT molecular complexity index is 414. The Kier molecular flexibility index (Phi) is 3.88. The molecule has 1 heterocycles. The van der Waals surface area contributed by atoms with Gasteiger partial charge in [0.15, 0.2) is 11.6 Å². The zero-order chi connectivity index (χ0) is 13.2. The van der Waals surface area contributed by atoms with Crippen molar-refractivity contribution in [3.63, 3.8) is 0 Å². The maximum Gasteiger partial charge on any atom is 0.165 e. The van der Waals surface area contributed by atoms with Crippen LogP contribution in [-0.4, -0.2) is 24.4 Å². The van der Waals surface area contributed by atoms with Gasteiger partial charge < -0.3 is 14.6 Å². The normalized spacial score (nSPS) is 25.8. The van der Waals surface area contributed by atoms with E-state index in [1.807, 2.05) is 6.92 Å². The average molecular weight is 254 g/mol. The highest BCUT2D eigenvalue weighted by atomic mass is 19.1. The summed E-state index contributed by atoms with van der Waals surface area (Å²) in [6, 6.07) is 4.52. The molecule has 0 aliphatic carbocycles. The first-order chi connectivity index (χ1) is 8.57. The van der Waals surface area contributed by atoms with Gasteiger partial charge in [-0.2, -0.15) is 0 Å². The monoisotopic (exact) mass is 254 g/mol. The third-order valence-electron chi connectivity index (χ3n) is 3.57. The van der Waals surface area contributed by atoms with Crippen LogP contribution >= 0.6 is 0 Å². The van der Waals surface area contributed by atoms with E-state index >= 15 is 0 Å². The maximum absolute atomic E-state index is 13.6. The Morgan fingerprint density at radius 1 is 1.44 bits per heavy atom. The van der Waals surface area contributed by atoms with Crippen molar-refractivity contribution < 1.29 is 19.0 Å². The SMILES string of the molecule is COc1ccc(C(O)C2(C)CCCCO2)cc1F. The summed E-state index contributed by atoms with van der Waals surface area (Å²) in [5.74, 6) is -0.283. The van der Waals surface area contributed by atoms with Gasteiger partial charge in [0.1, 0.15) is 6.10 Å². The van der Waals surface area contributed by atoms with E-state index in [9.17, 15) is 9.50 Å². The molecular formula is C14H19FO3. The minimum absolute atomic E-state index is 0.181. The molecule has 0 amide bonds. The predicted octanol–water partition coefficient (Wildman–Crippen LogP) is 2.83. The van der Waals surface area contributed by atoms with Crippen LogP contribution < -0.4 is 4.74 Å². The van der Waals surface area contributed by atoms with Gasteiger partial charge in [0.2, 0.25) is 0 Å². The molecule has 0 aromatic heterocycles. The number of halogens is 1. The summed E-state index contributed by atoms with van der Waals surface area (Å²) in [6.07, 6.45) is 1.99. The summed E-state index contributed by atoms with van der Waals surface area (Å²) in [4.78, 5) is 0. The standard InChI is InChI=1S/C14H19FO3/c1-14(7-3-4-8-18-14)13(16)10-5-6-12(17-2)11(15)9-10/h5-6,9,13,16H,3-4,7-8H2,1-2H3. The minimum Gasteiger partial charge on any atom is -0.494 e. The van der Waals surface area contributed by atoms with Gasteiger partial charge in [0.05, 0.1) is 12.7 Å². The largest absolute Gasteiger partial charge is 0.494 e. The quantitative estimate of drug-likeness (QED) is 0.901. The Balaban J connectivity index is 2.22. The molecule has 1 N–H and O–H groups in total. The molecule has 1 saturated heterocycles. The van der Waals surface area contributed by atoms with E-state index in [0.717, 1.165) is 19.3 Å². The van der Waals surface area contributed by atoms with E-state index in [-0.39, 0.29) is 5.75 Å². The zero-order valence-electron chi connectivity index (χ0n) is 10.8. The molecule has 0 bridgehead atoms. The van der Waals surface area contributed by atoms with E-state index < -0.39 is 17.5 Å². The van der Waals surface area contributed by atoms with Crippen molar-refractivity contribution in [2.75, 3.05) is 13.7 Å².